The first kappa shape index (κ1) is 22.2. The third-order valence-corrected chi connectivity index (χ3v) is 6.85. The van der Waals surface area contributed by atoms with Gasteiger partial charge in [0.2, 0.25) is 15.9 Å². The van der Waals surface area contributed by atoms with Crippen molar-refractivity contribution in [1.29, 1.82) is 0 Å². The maximum Gasteiger partial charge on any atom is 0.249 e. The molecule has 1 aliphatic heterocycles. The number of hydrogen-bond acceptors (Lipinski definition) is 4. The summed E-state index contributed by atoms with van der Waals surface area (Å²) >= 11 is 0. The van der Waals surface area contributed by atoms with Crippen LogP contribution in [0.25, 0.3) is 0 Å². The Hall–Kier alpha value is -2.52. The quantitative estimate of drug-likeness (QED) is 0.624. The van der Waals surface area contributed by atoms with E-state index in [1.165, 1.54) is 0 Å². The van der Waals surface area contributed by atoms with Crippen molar-refractivity contribution in [2.75, 3.05) is 32.8 Å². The van der Waals surface area contributed by atoms with Crippen molar-refractivity contribution in [2.45, 2.75) is 24.7 Å². The SMILES string of the molecule is Cc1cccc(OCCCC(=O)N2CCN(S(=O)(=O)c3c(F)cccc3F)CC2)c1. The number of carbonyl (C=O) groups is 1. The Morgan fingerprint density at radius 3 is 2.30 bits per heavy atom. The van der Waals surface area contributed by atoms with Crippen LogP contribution >= 0.6 is 0 Å². The van der Waals surface area contributed by atoms with E-state index in [1.54, 1.807) is 4.90 Å². The second-order valence-corrected chi connectivity index (χ2v) is 8.98. The summed E-state index contributed by atoms with van der Waals surface area (Å²) in [6, 6.07) is 10.6. The lowest BCUT2D eigenvalue weighted by molar-refractivity contribution is -0.132. The van der Waals surface area contributed by atoms with Gasteiger partial charge in [0.1, 0.15) is 17.4 Å². The molecule has 0 saturated carbocycles. The zero-order chi connectivity index (χ0) is 21.7. The van der Waals surface area contributed by atoms with Crippen LogP contribution in [-0.2, 0) is 14.8 Å². The van der Waals surface area contributed by atoms with Crippen LogP contribution in [0.3, 0.4) is 0 Å². The highest BCUT2D eigenvalue weighted by atomic mass is 32.2. The van der Waals surface area contributed by atoms with Crippen LogP contribution in [-0.4, -0.2) is 56.3 Å². The number of carbonyl (C=O) groups excluding carboxylic acids is 1. The van der Waals surface area contributed by atoms with Crippen molar-refractivity contribution in [3.63, 3.8) is 0 Å². The van der Waals surface area contributed by atoms with Gasteiger partial charge in [0.05, 0.1) is 6.61 Å². The first-order chi connectivity index (χ1) is 14.3. The molecule has 0 N–H and O–H groups in total. The fourth-order valence-electron chi connectivity index (χ4n) is 3.31. The minimum absolute atomic E-state index is 0.0123. The number of piperazine rings is 1. The first-order valence-electron chi connectivity index (χ1n) is 9.70. The molecule has 0 aliphatic carbocycles. The fourth-order valence-corrected chi connectivity index (χ4v) is 4.84. The lowest BCUT2D eigenvalue weighted by atomic mass is 10.2. The van der Waals surface area contributed by atoms with Crippen molar-refractivity contribution in [3.8, 4) is 5.75 Å². The Balaban J connectivity index is 1.48. The second kappa shape index (κ2) is 9.53. The van der Waals surface area contributed by atoms with E-state index in [1.807, 2.05) is 31.2 Å². The summed E-state index contributed by atoms with van der Waals surface area (Å²) in [5.41, 5.74) is 1.09. The van der Waals surface area contributed by atoms with Gasteiger partial charge >= 0.3 is 0 Å². The van der Waals surface area contributed by atoms with Gasteiger partial charge in [0, 0.05) is 32.6 Å². The van der Waals surface area contributed by atoms with Crippen LogP contribution in [0.1, 0.15) is 18.4 Å². The highest BCUT2D eigenvalue weighted by molar-refractivity contribution is 7.89. The number of rotatable bonds is 7. The van der Waals surface area contributed by atoms with E-state index < -0.39 is 26.6 Å². The highest BCUT2D eigenvalue weighted by Crippen LogP contribution is 2.23. The maximum absolute atomic E-state index is 13.9. The molecule has 2 aromatic rings. The molecular weight excluding hydrogens is 414 g/mol. The summed E-state index contributed by atoms with van der Waals surface area (Å²) in [5.74, 6) is -1.59. The molecule has 6 nitrogen and oxygen atoms in total. The summed E-state index contributed by atoms with van der Waals surface area (Å²) in [5, 5.41) is 0. The number of amides is 1. The van der Waals surface area contributed by atoms with Crippen molar-refractivity contribution in [2.24, 2.45) is 0 Å². The van der Waals surface area contributed by atoms with Gasteiger partial charge in [-0.15, -0.1) is 0 Å². The predicted molar refractivity (Wildman–Crippen MR) is 108 cm³/mol. The third-order valence-electron chi connectivity index (χ3n) is 4.90. The monoisotopic (exact) mass is 438 g/mol. The molecule has 162 valence electrons. The Morgan fingerprint density at radius 1 is 1.03 bits per heavy atom. The molecule has 0 atom stereocenters. The van der Waals surface area contributed by atoms with Crippen molar-refractivity contribution in [3.05, 3.63) is 59.7 Å². The topological polar surface area (TPSA) is 66.9 Å². The summed E-state index contributed by atoms with van der Waals surface area (Å²) in [4.78, 5) is 13.0. The second-order valence-electron chi connectivity index (χ2n) is 7.10. The molecule has 9 heteroatoms. The Labute approximate surface area is 175 Å². The van der Waals surface area contributed by atoms with Gasteiger partial charge in [-0.2, -0.15) is 4.31 Å². The van der Waals surface area contributed by atoms with Crippen molar-refractivity contribution >= 4 is 15.9 Å². The number of halogens is 2. The summed E-state index contributed by atoms with van der Waals surface area (Å²) in [6.45, 7) is 2.69. The first-order valence-corrected chi connectivity index (χ1v) is 11.1. The van der Waals surface area contributed by atoms with E-state index in [0.29, 0.717) is 13.0 Å². The predicted octanol–water partition coefficient (Wildman–Crippen LogP) is 2.97. The molecule has 0 aromatic heterocycles. The fraction of sp³-hybridized carbons (Fsp3) is 0.381. The van der Waals surface area contributed by atoms with E-state index in [0.717, 1.165) is 33.8 Å². The molecule has 0 spiro atoms. The van der Waals surface area contributed by atoms with Gasteiger partial charge in [-0.25, -0.2) is 17.2 Å². The lowest BCUT2D eigenvalue weighted by Crippen LogP contribution is -2.50. The molecule has 1 saturated heterocycles. The number of sulfonamides is 1. The molecule has 1 amide bonds. The molecule has 1 heterocycles. The van der Waals surface area contributed by atoms with Gasteiger partial charge in [0.25, 0.3) is 0 Å². The van der Waals surface area contributed by atoms with E-state index in [-0.39, 0.29) is 38.5 Å². The minimum atomic E-state index is -4.30. The van der Waals surface area contributed by atoms with Gasteiger partial charge in [-0.3, -0.25) is 4.79 Å². The third kappa shape index (κ3) is 5.14. The lowest BCUT2D eigenvalue weighted by Gasteiger charge is -2.34. The molecule has 1 aliphatic rings. The van der Waals surface area contributed by atoms with Gasteiger partial charge in [0.15, 0.2) is 4.90 Å². The van der Waals surface area contributed by atoms with Gasteiger partial charge < -0.3 is 9.64 Å². The molecule has 1 fully saturated rings. The van der Waals surface area contributed by atoms with Crippen molar-refractivity contribution in [1.82, 2.24) is 9.21 Å². The van der Waals surface area contributed by atoms with E-state index in [2.05, 4.69) is 0 Å². The maximum atomic E-state index is 13.9. The van der Waals surface area contributed by atoms with E-state index in [4.69, 9.17) is 4.74 Å². The summed E-state index contributed by atoms with van der Waals surface area (Å²) in [6.07, 6.45) is 0.812. The average Bonchev–Trinajstić information content (AvgIpc) is 2.71. The normalized spacial score (nSPS) is 15.2. The standard InChI is InChI=1S/C21H24F2N2O4S/c1-16-5-2-6-17(15-16)29-14-4-9-20(26)24-10-12-25(13-11-24)30(27,28)21-18(22)7-3-8-19(21)23/h2-3,5-8,15H,4,9-14H2,1H3. The van der Waals surface area contributed by atoms with Crippen LogP contribution < -0.4 is 4.74 Å². The smallest absolute Gasteiger partial charge is 0.249 e. The van der Waals surface area contributed by atoms with Gasteiger partial charge in [-0.1, -0.05) is 18.2 Å². The van der Waals surface area contributed by atoms with E-state index >= 15 is 0 Å². The molecule has 0 bridgehead atoms. The molecule has 3 rings (SSSR count). The summed E-state index contributed by atoms with van der Waals surface area (Å²) in [7, 11) is -4.30. The van der Waals surface area contributed by atoms with Crippen LogP contribution in [0.2, 0.25) is 0 Å². The minimum Gasteiger partial charge on any atom is -0.494 e. The van der Waals surface area contributed by atoms with Crippen LogP contribution in [0.15, 0.2) is 47.4 Å². The zero-order valence-corrected chi connectivity index (χ0v) is 17.5. The van der Waals surface area contributed by atoms with Crippen molar-refractivity contribution < 1.29 is 26.7 Å². The van der Waals surface area contributed by atoms with Crippen LogP contribution in [0.4, 0.5) is 8.78 Å². The Kier molecular flexibility index (Phi) is 7.04. The van der Waals surface area contributed by atoms with Crippen LogP contribution in [0, 0.1) is 18.6 Å². The largest absolute Gasteiger partial charge is 0.494 e. The van der Waals surface area contributed by atoms with E-state index in [9.17, 15) is 22.0 Å². The molecule has 0 unspecified atom stereocenters. The number of hydrogen-bond donors (Lipinski definition) is 0. The van der Waals surface area contributed by atoms with Gasteiger partial charge in [-0.05, 0) is 43.2 Å². The Bertz CT molecular complexity index is 986. The summed E-state index contributed by atoms with van der Waals surface area (Å²) < 4.78 is 59.6. The molecule has 0 radical (unpaired) electrons. The Morgan fingerprint density at radius 2 is 1.67 bits per heavy atom. The zero-order valence-electron chi connectivity index (χ0n) is 16.7. The molecule has 2 aromatic carbocycles. The van der Waals surface area contributed by atoms with Crippen LogP contribution in [0.5, 0.6) is 5.75 Å². The average molecular weight is 438 g/mol. The highest BCUT2D eigenvalue weighted by Gasteiger charge is 2.33. The number of nitrogens with zero attached hydrogens (tertiary/aromatic N) is 2. The number of aryl methyl sites for hydroxylation is 1. The number of ether oxygens (including phenoxy) is 1. The molecule has 30 heavy (non-hydrogen) atoms. The number of benzene rings is 2. The molecular formula is C21H24F2N2O4S.